The first-order valence-corrected chi connectivity index (χ1v) is 10.9. The number of para-hydroxylation sites is 2. The van der Waals surface area contributed by atoms with Crippen molar-refractivity contribution >= 4 is 17.3 Å². The minimum atomic E-state index is -0.314. The lowest BCUT2D eigenvalue weighted by atomic mass is 9.82. The molecule has 0 spiro atoms. The predicted molar refractivity (Wildman–Crippen MR) is 109 cm³/mol. The lowest BCUT2D eigenvalue weighted by Gasteiger charge is -2.38. The molecule has 1 aliphatic carbocycles. The molecule has 0 radical (unpaired) electrons. The zero-order valence-electron chi connectivity index (χ0n) is 16.6. The highest BCUT2D eigenvalue weighted by Gasteiger charge is 2.38. The first-order chi connectivity index (χ1) is 13.6. The molecule has 152 valence electrons. The summed E-state index contributed by atoms with van der Waals surface area (Å²) in [5.41, 5.74) is 0.837. The molecule has 2 heterocycles. The number of piperidine rings is 1. The van der Waals surface area contributed by atoms with Crippen LogP contribution in [0.15, 0.2) is 24.3 Å². The maximum Gasteiger partial charge on any atom is 0.292 e. The summed E-state index contributed by atoms with van der Waals surface area (Å²) in [4.78, 5) is 28.6. The molecule has 1 saturated carbocycles. The van der Waals surface area contributed by atoms with Crippen molar-refractivity contribution in [2.75, 3.05) is 24.5 Å². The van der Waals surface area contributed by atoms with E-state index in [1.165, 1.54) is 38.5 Å². The van der Waals surface area contributed by atoms with Gasteiger partial charge in [-0.15, -0.1) is 0 Å². The highest BCUT2D eigenvalue weighted by Crippen LogP contribution is 2.37. The van der Waals surface area contributed by atoms with Gasteiger partial charge in [0.05, 0.1) is 4.92 Å². The number of hydrogen-bond donors (Lipinski definition) is 0. The minimum absolute atomic E-state index is 0.0724. The molecule has 4 rings (SSSR count). The van der Waals surface area contributed by atoms with Gasteiger partial charge >= 0.3 is 0 Å². The van der Waals surface area contributed by atoms with Crippen LogP contribution >= 0.6 is 0 Å². The van der Waals surface area contributed by atoms with Crippen LogP contribution in [-0.4, -0.2) is 41.4 Å². The maximum absolute atomic E-state index is 13.3. The Kier molecular flexibility index (Phi) is 5.83. The van der Waals surface area contributed by atoms with Crippen LogP contribution in [0.3, 0.4) is 0 Å². The lowest BCUT2D eigenvalue weighted by Crippen LogP contribution is -2.46. The van der Waals surface area contributed by atoms with Gasteiger partial charge in [-0.2, -0.15) is 0 Å². The molecule has 28 heavy (non-hydrogen) atoms. The van der Waals surface area contributed by atoms with E-state index in [4.69, 9.17) is 0 Å². The van der Waals surface area contributed by atoms with E-state index in [-0.39, 0.29) is 16.5 Å². The maximum atomic E-state index is 13.3. The van der Waals surface area contributed by atoms with E-state index in [0.717, 1.165) is 25.8 Å². The third-order valence-electron chi connectivity index (χ3n) is 7.04. The Morgan fingerprint density at radius 3 is 2.36 bits per heavy atom. The van der Waals surface area contributed by atoms with E-state index in [1.54, 1.807) is 12.1 Å². The number of anilines is 1. The van der Waals surface area contributed by atoms with E-state index in [0.29, 0.717) is 36.6 Å². The van der Waals surface area contributed by atoms with Crippen LogP contribution in [-0.2, 0) is 4.79 Å². The van der Waals surface area contributed by atoms with Gasteiger partial charge in [0.1, 0.15) is 5.69 Å². The van der Waals surface area contributed by atoms with E-state index in [2.05, 4.69) is 9.80 Å². The molecule has 3 fully saturated rings. The summed E-state index contributed by atoms with van der Waals surface area (Å²) >= 11 is 0. The molecule has 0 aromatic heterocycles. The van der Waals surface area contributed by atoms with E-state index >= 15 is 0 Å². The van der Waals surface area contributed by atoms with Crippen molar-refractivity contribution in [2.45, 2.75) is 63.8 Å². The number of nitrogens with zero attached hydrogens (tertiary/aromatic N) is 3. The third-order valence-corrected chi connectivity index (χ3v) is 7.04. The second-order valence-corrected chi connectivity index (χ2v) is 8.65. The fourth-order valence-electron chi connectivity index (χ4n) is 5.56. The van der Waals surface area contributed by atoms with Gasteiger partial charge < -0.3 is 9.80 Å². The molecule has 0 bridgehead atoms. The number of nitro groups is 1. The van der Waals surface area contributed by atoms with Crippen molar-refractivity contribution in [1.82, 2.24) is 4.90 Å². The monoisotopic (exact) mass is 385 g/mol. The van der Waals surface area contributed by atoms with Gasteiger partial charge in [0.15, 0.2) is 0 Å². The second-order valence-electron chi connectivity index (χ2n) is 8.65. The van der Waals surface area contributed by atoms with Crippen LogP contribution in [0.5, 0.6) is 0 Å². The Bertz CT molecular complexity index is 709. The number of carbonyl (C=O) groups excluding carboxylic acids is 1. The van der Waals surface area contributed by atoms with Crippen molar-refractivity contribution in [3.8, 4) is 0 Å². The largest absolute Gasteiger partial charge is 0.366 e. The smallest absolute Gasteiger partial charge is 0.292 e. The van der Waals surface area contributed by atoms with Crippen molar-refractivity contribution in [1.29, 1.82) is 0 Å². The number of rotatable bonds is 4. The summed E-state index contributed by atoms with van der Waals surface area (Å²) in [7, 11) is 0. The van der Waals surface area contributed by atoms with Crippen molar-refractivity contribution in [2.24, 2.45) is 11.8 Å². The van der Waals surface area contributed by atoms with Gasteiger partial charge in [-0.1, -0.05) is 31.4 Å². The van der Waals surface area contributed by atoms with Gasteiger partial charge in [-0.05, 0) is 50.5 Å². The molecule has 1 aromatic rings. The highest BCUT2D eigenvalue weighted by atomic mass is 16.6. The highest BCUT2D eigenvalue weighted by molar-refractivity contribution is 5.80. The van der Waals surface area contributed by atoms with Gasteiger partial charge in [0.25, 0.3) is 5.69 Å². The van der Waals surface area contributed by atoms with Crippen LogP contribution in [0.25, 0.3) is 0 Å². The van der Waals surface area contributed by atoms with Crippen LogP contribution < -0.4 is 4.90 Å². The van der Waals surface area contributed by atoms with Crippen molar-refractivity contribution in [3.63, 3.8) is 0 Å². The van der Waals surface area contributed by atoms with Crippen molar-refractivity contribution < 1.29 is 9.72 Å². The minimum Gasteiger partial charge on any atom is -0.366 e. The zero-order valence-corrected chi connectivity index (χ0v) is 16.6. The topological polar surface area (TPSA) is 66.7 Å². The molecule has 0 unspecified atom stereocenters. The molecular formula is C22H31N3O3. The number of hydrogen-bond acceptors (Lipinski definition) is 4. The Labute approximate surface area is 167 Å². The predicted octanol–water partition coefficient (Wildman–Crippen LogP) is 4.38. The summed E-state index contributed by atoms with van der Waals surface area (Å²) in [6.07, 6.45) is 10.4. The van der Waals surface area contributed by atoms with E-state index in [1.807, 2.05) is 12.1 Å². The molecule has 6 nitrogen and oxygen atoms in total. The molecule has 2 aliphatic heterocycles. The Hall–Kier alpha value is -2.11. The molecule has 1 amide bonds. The van der Waals surface area contributed by atoms with Crippen LogP contribution in [0.1, 0.15) is 57.8 Å². The fraction of sp³-hybridized carbons (Fsp3) is 0.682. The number of nitro benzene ring substituents is 1. The van der Waals surface area contributed by atoms with Crippen LogP contribution in [0.2, 0.25) is 0 Å². The van der Waals surface area contributed by atoms with Gasteiger partial charge in [0.2, 0.25) is 5.91 Å². The summed E-state index contributed by atoms with van der Waals surface area (Å²) in [6.45, 7) is 2.34. The molecule has 2 saturated heterocycles. The number of likely N-dealkylation sites (tertiary alicyclic amines) is 1. The van der Waals surface area contributed by atoms with Gasteiger partial charge in [0, 0.05) is 37.7 Å². The summed E-state index contributed by atoms with van der Waals surface area (Å²) in [5, 5.41) is 11.3. The van der Waals surface area contributed by atoms with E-state index in [9.17, 15) is 14.9 Å². The van der Waals surface area contributed by atoms with Gasteiger partial charge in [-0.25, -0.2) is 0 Å². The standard InChI is InChI=1S/C22H31N3O3/c26-22(24-14-6-11-19(24)17-7-2-1-3-8-17)18-12-15-23(16-13-18)20-9-4-5-10-21(20)25(27)28/h4-5,9-10,17-19H,1-3,6-8,11-16H2/t19-/m0/s1. The summed E-state index contributed by atoms with van der Waals surface area (Å²) in [6, 6.07) is 7.39. The number of benzene rings is 1. The average molecular weight is 386 g/mol. The van der Waals surface area contributed by atoms with Crippen LogP contribution in [0.4, 0.5) is 11.4 Å². The summed E-state index contributed by atoms with van der Waals surface area (Å²) < 4.78 is 0. The normalized spacial score (nSPS) is 24.5. The van der Waals surface area contributed by atoms with Gasteiger partial charge in [-0.3, -0.25) is 14.9 Å². The molecule has 3 aliphatic rings. The third kappa shape index (κ3) is 3.87. The first kappa shape index (κ1) is 19.2. The summed E-state index contributed by atoms with van der Waals surface area (Å²) in [5.74, 6) is 1.12. The first-order valence-electron chi connectivity index (χ1n) is 10.9. The Balaban J connectivity index is 1.38. The Morgan fingerprint density at radius 2 is 1.64 bits per heavy atom. The van der Waals surface area contributed by atoms with Crippen molar-refractivity contribution in [3.05, 3.63) is 34.4 Å². The van der Waals surface area contributed by atoms with E-state index < -0.39 is 0 Å². The lowest BCUT2D eigenvalue weighted by molar-refractivity contribution is -0.384. The molecule has 1 atom stereocenters. The van der Waals surface area contributed by atoms with Crippen LogP contribution in [0, 0.1) is 22.0 Å². The SMILES string of the molecule is O=C(C1CCN(c2ccccc2[N+](=O)[O-])CC1)N1CCC[C@H]1C1CCCCC1. The molecular weight excluding hydrogens is 354 g/mol. The zero-order chi connectivity index (χ0) is 19.5. The Morgan fingerprint density at radius 1 is 0.929 bits per heavy atom. The molecule has 1 aromatic carbocycles. The second kappa shape index (κ2) is 8.50. The number of amides is 1. The molecule has 0 N–H and O–H groups in total. The fourth-order valence-corrected chi connectivity index (χ4v) is 5.56. The quantitative estimate of drug-likeness (QED) is 0.570. The molecule has 6 heteroatoms. The number of carbonyl (C=O) groups is 1. The average Bonchev–Trinajstić information content (AvgIpc) is 3.24.